The van der Waals surface area contributed by atoms with Crippen LogP contribution in [0.5, 0.6) is 11.5 Å². The van der Waals surface area contributed by atoms with Crippen molar-refractivity contribution in [3.63, 3.8) is 0 Å². The maximum absolute atomic E-state index is 12.8. The molecule has 2 unspecified atom stereocenters. The number of furan rings is 1. The Kier molecular flexibility index (Phi) is 7.07. The second kappa shape index (κ2) is 10.2. The van der Waals surface area contributed by atoms with Gasteiger partial charge in [0.25, 0.3) is 0 Å². The van der Waals surface area contributed by atoms with Crippen LogP contribution < -0.4 is 14.8 Å². The van der Waals surface area contributed by atoms with Crippen molar-refractivity contribution in [3.8, 4) is 22.6 Å². The zero-order valence-corrected chi connectivity index (χ0v) is 19.9. The highest BCUT2D eigenvalue weighted by molar-refractivity contribution is 6.00. The van der Waals surface area contributed by atoms with E-state index in [9.17, 15) is 4.79 Å². The summed E-state index contributed by atoms with van der Waals surface area (Å²) >= 11 is 0. The van der Waals surface area contributed by atoms with Crippen LogP contribution in [0.2, 0.25) is 0 Å². The average molecular weight is 448 g/mol. The third-order valence-electron chi connectivity index (χ3n) is 6.57. The van der Waals surface area contributed by atoms with Crippen LogP contribution in [0.3, 0.4) is 0 Å². The molecular weight excluding hydrogens is 414 g/mol. The molecule has 1 N–H and O–H groups in total. The number of nitrogens with one attached hydrogen (secondary N) is 1. The van der Waals surface area contributed by atoms with Crippen molar-refractivity contribution >= 4 is 22.4 Å². The van der Waals surface area contributed by atoms with Gasteiger partial charge in [-0.1, -0.05) is 31.9 Å². The second-order valence-corrected chi connectivity index (χ2v) is 8.86. The molecule has 2 aromatic carbocycles. The number of fused-ring (bicyclic) bond motifs is 1. The average Bonchev–Trinajstić information content (AvgIpc) is 3.23. The highest BCUT2D eigenvalue weighted by Crippen LogP contribution is 2.38. The number of methoxy groups -OCH3 is 1. The number of allylic oxidation sites excluding steroid dienone is 1. The number of rotatable bonds is 7. The summed E-state index contributed by atoms with van der Waals surface area (Å²) in [7, 11) is 1.66. The predicted molar refractivity (Wildman–Crippen MR) is 133 cm³/mol. The lowest BCUT2D eigenvalue weighted by Gasteiger charge is -2.29. The molecule has 33 heavy (non-hydrogen) atoms. The molecule has 0 radical (unpaired) electrons. The number of hydrogen-bond donors (Lipinski definition) is 1. The Balaban J connectivity index is 1.69. The minimum Gasteiger partial charge on any atom is -0.497 e. The number of hydrogen-bond acceptors (Lipinski definition) is 4. The third-order valence-corrected chi connectivity index (χ3v) is 6.57. The quantitative estimate of drug-likeness (QED) is 0.414. The molecular formula is C28H33NO4. The number of ether oxygens (including phenoxy) is 2. The van der Waals surface area contributed by atoms with Gasteiger partial charge in [0.05, 0.1) is 20.0 Å². The number of benzene rings is 2. The van der Waals surface area contributed by atoms with Crippen molar-refractivity contribution in [1.29, 1.82) is 0 Å². The van der Waals surface area contributed by atoms with Gasteiger partial charge in [0.2, 0.25) is 5.91 Å². The van der Waals surface area contributed by atoms with Crippen LogP contribution in [-0.2, 0) is 4.79 Å². The van der Waals surface area contributed by atoms with E-state index < -0.39 is 0 Å². The molecule has 0 bridgehead atoms. The fourth-order valence-corrected chi connectivity index (χ4v) is 4.68. The molecule has 174 valence electrons. The lowest BCUT2D eigenvalue weighted by atomic mass is 9.86. The van der Waals surface area contributed by atoms with Crippen molar-refractivity contribution in [2.24, 2.45) is 5.92 Å². The van der Waals surface area contributed by atoms with Crippen molar-refractivity contribution in [2.45, 2.75) is 52.5 Å². The van der Waals surface area contributed by atoms with E-state index >= 15 is 0 Å². The summed E-state index contributed by atoms with van der Waals surface area (Å²) in [6.45, 7) is 6.66. The van der Waals surface area contributed by atoms with Crippen molar-refractivity contribution in [3.05, 3.63) is 54.3 Å². The van der Waals surface area contributed by atoms with Crippen molar-refractivity contribution in [2.75, 3.05) is 13.7 Å². The van der Waals surface area contributed by atoms with E-state index in [1.54, 1.807) is 19.4 Å². The normalized spacial score (nSPS) is 18.8. The molecule has 1 fully saturated rings. The zero-order chi connectivity index (χ0) is 23.4. The van der Waals surface area contributed by atoms with Gasteiger partial charge in [-0.3, -0.25) is 4.79 Å². The first-order chi connectivity index (χ1) is 16.0. The molecule has 5 heteroatoms. The Morgan fingerprint density at radius 1 is 1.21 bits per heavy atom. The minimum atomic E-state index is -0.0472. The fraction of sp³-hybridized carbons (Fsp3) is 0.393. The molecule has 1 aliphatic rings. The Morgan fingerprint density at radius 3 is 2.79 bits per heavy atom. The summed E-state index contributed by atoms with van der Waals surface area (Å²) in [5, 5.41) is 4.18. The van der Waals surface area contributed by atoms with E-state index in [2.05, 4.69) is 18.3 Å². The summed E-state index contributed by atoms with van der Waals surface area (Å²) in [4.78, 5) is 12.8. The third kappa shape index (κ3) is 5.08. The molecule has 0 spiro atoms. The van der Waals surface area contributed by atoms with Crippen molar-refractivity contribution < 1.29 is 18.7 Å². The highest BCUT2D eigenvalue weighted by atomic mass is 16.5. The Bertz CT molecular complexity index is 1160. The van der Waals surface area contributed by atoms with Crippen LogP contribution in [0.1, 0.15) is 52.0 Å². The molecule has 0 saturated heterocycles. The summed E-state index contributed by atoms with van der Waals surface area (Å²) in [6, 6.07) is 12.1. The smallest absolute Gasteiger partial charge is 0.244 e. The minimum absolute atomic E-state index is 0.0472. The zero-order valence-electron chi connectivity index (χ0n) is 19.9. The first-order valence-electron chi connectivity index (χ1n) is 11.8. The largest absolute Gasteiger partial charge is 0.497 e. The standard InChI is InChI=1S/C28H33NO4/c1-5-32-26-16-27-23(24(17-33-27)20-10-8-11-21(14-20)31-4)15-22(26)19(3)13-28(30)29-25-12-7-6-9-18(25)2/h8,10-11,13-18,25H,5-7,9,12H2,1-4H3,(H,29,30)/b19-13+. The lowest BCUT2D eigenvalue weighted by molar-refractivity contribution is -0.117. The van der Waals surface area contributed by atoms with Crippen LogP contribution >= 0.6 is 0 Å². The predicted octanol–water partition coefficient (Wildman–Crippen LogP) is 6.61. The summed E-state index contributed by atoms with van der Waals surface area (Å²) < 4.78 is 17.2. The van der Waals surface area contributed by atoms with Crippen LogP contribution in [0.25, 0.3) is 27.7 Å². The Hall–Kier alpha value is -3.21. The maximum Gasteiger partial charge on any atom is 0.244 e. The Morgan fingerprint density at radius 2 is 2.03 bits per heavy atom. The fourth-order valence-electron chi connectivity index (χ4n) is 4.68. The molecule has 1 aromatic heterocycles. The van der Waals surface area contributed by atoms with E-state index in [-0.39, 0.29) is 11.9 Å². The van der Waals surface area contributed by atoms with Crippen LogP contribution in [0, 0.1) is 5.92 Å². The van der Waals surface area contributed by atoms with Crippen LogP contribution in [0.15, 0.2) is 53.2 Å². The number of amides is 1. The van der Waals surface area contributed by atoms with E-state index in [1.165, 1.54) is 19.3 Å². The molecule has 3 aromatic rings. The van der Waals surface area contributed by atoms with Gasteiger partial charge in [0, 0.05) is 34.7 Å². The van der Waals surface area contributed by atoms with Gasteiger partial charge in [-0.05, 0) is 61.9 Å². The first kappa shape index (κ1) is 23.0. The molecule has 1 heterocycles. The van der Waals surface area contributed by atoms with E-state index in [1.807, 2.05) is 44.2 Å². The van der Waals surface area contributed by atoms with Gasteiger partial charge in [-0.2, -0.15) is 0 Å². The molecule has 1 amide bonds. The van der Waals surface area contributed by atoms with Crippen LogP contribution in [0.4, 0.5) is 0 Å². The van der Waals surface area contributed by atoms with Crippen LogP contribution in [-0.4, -0.2) is 25.7 Å². The first-order valence-corrected chi connectivity index (χ1v) is 11.8. The topological polar surface area (TPSA) is 60.7 Å². The summed E-state index contributed by atoms with van der Waals surface area (Å²) in [6.07, 6.45) is 8.10. The molecule has 1 aliphatic carbocycles. The molecule has 5 nitrogen and oxygen atoms in total. The monoisotopic (exact) mass is 447 g/mol. The van der Waals surface area contributed by atoms with Gasteiger partial charge in [-0.25, -0.2) is 0 Å². The lowest BCUT2D eigenvalue weighted by Crippen LogP contribution is -2.40. The number of carbonyl (C=O) groups is 1. The Labute approximate surface area is 195 Å². The molecule has 0 aliphatic heterocycles. The molecule has 4 rings (SSSR count). The van der Waals surface area contributed by atoms with Gasteiger partial charge < -0.3 is 19.2 Å². The van der Waals surface area contributed by atoms with Gasteiger partial charge in [0.15, 0.2) is 0 Å². The van der Waals surface area contributed by atoms with Gasteiger partial charge >= 0.3 is 0 Å². The second-order valence-electron chi connectivity index (χ2n) is 8.86. The van der Waals surface area contributed by atoms with Gasteiger partial charge in [-0.15, -0.1) is 0 Å². The maximum atomic E-state index is 12.8. The highest BCUT2D eigenvalue weighted by Gasteiger charge is 2.22. The van der Waals surface area contributed by atoms with E-state index in [0.717, 1.165) is 45.4 Å². The van der Waals surface area contributed by atoms with E-state index in [4.69, 9.17) is 13.9 Å². The molecule has 2 atom stereocenters. The molecule has 1 saturated carbocycles. The SMILES string of the molecule is CCOc1cc2occ(-c3cccc(OC)c3)c2cc1/C(C)=C/C(=O)NC1CCCCC1C. The van der Waals surface area contributed by atoms with Gasteiger partial charge in [0.1, 0.15) is 17.1 Å². The summed E-state index contributed by atoms with van der Waals surface area (Å²) in [5.74, 6) is 1.97. The van der Waals surface area contributed by atoms with Crippen molar-refractivity contribution in [1.82, 2.24) is 5.32 Å². The summed E-state index contributed by atoms with van der Waals surface area (Å²) in [5.41, 5.74) is 4.48. The van der Waals surface area contributed by atoms with E-state index in [0.29, 0.717) is 18.3 Å². The number of carbonyl (C=O) groups excluding carboxylic acids is 1.